The van der Waals surface area contributed by atoms with Crippen molar-refractivity contribution in [3.63, 3.8) is 0 Å². The van der Waals surface area contributed by atoms with E-state index in [1.807, 2.05) is 0 Å². The third-order valence-corrected chi connectivity index (χ3v) is 2.63. The third-order valence-electron chi connectivity index (χ3n) is 2.63. The molecular weight excluding hydrogens is 247 g/mol. The molecule has 0 fully saturated rings. The largest absolute Gasteiger partial charge is 0.493 e. The fourth-order valence-corrected chi connectivity index (χ4v) is 1.75. The lowest BCUT2D eigenvalue weighted by molar-refractivity contribution is -0.131. The molecule has 1 rings (SSSR count). The Balaban J connectivity index is 2.71. The van der Waals surface area contributed by atoms with Gasteiger partial charge in [-0.15, -0.1) is 0 Å². The van der Waals surface area contributed by atoms with Gasteiger partial charge in [-0.1, -0.05) is 20.3 Å². The third kappa shape index (κ3) is 6.04. The summed E-state index contributed by atoms with van der Waals surface area (Å²) in [7, 11) is 0. The maximum Gasteiger partial charge on any atom is 0.328 e. The van der Waals surface area contributed by atoms with Crippen LogP contribution in [0, 0.1) is 11.7 Å². The quantitative estimate of drug-likeness (QED) is 0.765. The first-order valence-electron chi connectivity index (χ1n) is 6.35. The van der Waals surface area contributed by atoms with Crippen molar-refractivity contribution in [2.75, 3.05) is 6.61 Å². The molecule has 1 aromatic carbocycles. The van der Waals surface area contributed by atoms with E-state index in [0.717, 1.165) is 18.9 Å². The molecule has 0 saturated heterocycles. The van der Waals surface area contributed by atoms with Crippen LogP contribution >= 0.6 is 0 Å². The highest BCUT2D eigenvalue weighted by Gasteiger charge is 2.04. The zero-order valence-corrected chi connectivity index (χ0v) is 11.2. The Morgan fingerprint density at radius 3 is 2.84 bits per heavy atom. The first kappa shape index (κ1) is 15.2. The SMILES string of the molecule is CCCC(C)COc1cc(F)cc(/C=C/C(=O)O)c1. The van der Waals surface area contributed by atoms with E-state index < -0.39 is 11.8 Å². The van der Waals surface area contributed by atoms with Gasteiger partial charge in [0.1, 0.15) is 11.6 Å². The Labute approximate surface area is 112 Å². The van der Waals surface area contributed by atoms with Crippen LogP contribution < -0.4 is 4.74 Å². The summed E-state index contributed by atoms with van der Waals surface area (Å²) in [6.07, 6.45) is 4.45. The van der Waals surface area contributed by atoms with Crippen molar-refractivity contribution in [1.82, 2.24) is 0 Å². The highest BCUT2D eigenvalue weighted by atomic mass is 19.1. The summed E-state index contributed by atoms with van der Waals surface area (Å²) in [6.45, 7) is 4.71. The second kappa shape index (κ2) is 7.56. The maximum absolute atomic E-state index is 13.4. The van der Waals surface area contributed by atoms with Gasteiger partial charge < -0.3 is 9.84 Å². The van der Waals surface area contributed by atoms with Crippen molar-refractivity contribution in [3.8, 4) is 5.75 Å². The van der Waals surface area contributed by atoms with Crippen LogP contribution in [0.25, 0.3) is 6.08 Å². The van der Waals surface area contributed by atoms with E-state index in [2.05, 4.69) is 13.8 Å². The van der Waals surface area contributed by atoms with E-state index in [4.69, 9.17) is 9.84 Å². The second-order valence-electron chi connectivity index (χ2n) is 4.60. The standard InChI is InChI=1S/C15H19FO3/c1-3-4-11(2)10-19-14-8-12(5-6-15(17)18)7-13(16)9-14/h5-9,11H,3-4,10H2,1-2H3,(H,17,18)/b6-5+. The number of carboxylic acids is 1. The number of carbonyl (C=O) groups is 1. The first-order valence-corrected chi connectivity index (χ1v) is 6.35. The summed E-state index contributed by atoms with van der Waals surface area (Å²) < 4.78 is 18.9. The molecule has 19 heavy (non-hydrogen) atoms. The predicted octanol–water partition coefficient (Wildman–Crippen LogP) is 3.74. The molecule has 0 aliphatic rings. The lowest BCUT2D eigenvalue weighted by atomic mass is 10.1. The van der Waals surface area contributed by atoms with Crippen LogP contribution in [0.5, 0.6) is 5.75 Å². The van der Waals surface area contributed by atoms with Gasteiger partial charge in [-0.3, -0.25) is 0 Å². The Kier molecular flexibility index (Phi) is 6.06. The molecule has 0 aliphatic heterocycles. The van der Waals surface area contributed by atoms with Crippen LogP contribution in [0.3, 0.4) is 0 Å². The fourth-order valence-electron chi connectivity index (χ4n) is 1.75. The van der Waals surface area contributed by atoms with Gasteiger partial charge in [-0.05, 0) is 36.1 Å². The van der Waals surface area contributed by atoms with E-state index in [-0.39, 0.29) is 0 Å². The number of aliphatic carboxylic acids is 1. The van der Waals surface area contributed by atoms with Crippen molar-refractivity contribution in [1.29, 1.82) is 0 Å². The van der Waals surface area contributed by atoms with Crippen LogP contribution in [0.15, 0.2) is 24.3 Å². The van der Waals surface area contributed by atoms with Gasteiger partial charge in [-0.2, -0.15) is 0 Å². The Morgan fingerprint density at radius 2 is 2.21 bits per heavy atom. The first-order chi connectivity index (χ1) is 9.01. The number of ether oxygens (including phenoxy) is 1. The molecule has 3 nitrogen and oxygen atoms in total. The highest BCUT2D eigenvalue weighted by molar-refractivity contribution is 5.85. The lowest BCUT2D eigenvalue weighted by Crippen LogP contribution is -2.08. The molecule has 1 aromatic rings. The molecule has 1 unspecified atom stereocenters. The molecule has 0 aliphatic carbocycles. The second-order valence-corrected chi connectivity index (χ2v) is 4.60. The van der Waals surface area contributed by atoms with Crippen molar-refractivity contribution in [2.24, 2.45) is 5.92 Å². The van der Waals surface area contributed by atoms with Crippen LogP contribution in [0.1, 0.15) is 32.3 Å². The van der Waals surface area contributed by atoms with E-state index in [0.29, 0.717) is 23.8 Å². The molecule has 0 spiro atoms. The molecule has 0 heterocycles. The zero-order chi connectivity index (χ0) is 14.3. The van der Waals surface area contributed by atoms with Crippen LogP contribution in [0.4, 0.5) is 4.39 Å². The van der Waals surface area contributed by atoms with Gasteiger partial charge in [0.25, 0.3) is 0 Å². The Morgan fingerprint density at radius 1 is 1.47 bits per heavy atom. The molecule has 0 saturated carbocycles. The molecule has 0 radical (unpaired) electrons. The minimum Gasteiger partial charge on any atom is -0.493 e. The Bertz CT molecular complexity index is 455. The van der Waals surface area contributed by atoms with Crippen molar-refractivity contribution < 1.29 is 19.0 Å². The van der Waals surface area contributed by atoms with Crippen molar-refractivity contribution >= 4 is 12.0 Å². The molecule has 1 atom stereocenters. The van der Waals surface area contributed by atoms with Gasteiger partial charge >= 0.3 is 5.97 Å². The van der Waals surface area contributed by atoms with Crippen LogP contribution in [-0.4, -0.2) is 17.7 Å². The number of rotatable bonds is 7. The monoisotopic (exact) mass is 266 g/mol. The maximum atomic E-state index is 13.4. The minimum absolute atomic E-state index is 0.409. The molecule has 0 bridgehead atoms. The number of hydrogen-bond donors (Lipinski definition) is 1. The predicted molar refractivity (Wildman–Crippen MR) is 72.6 cm³/mol. The van der Waals surface area contributed by atoms with Crippen LogP contribution in [0.2, 0.25) is 0 Å². The lowest BCUT2D eigenvalue weighted by Gasteiger charge is -2.12. The van der Waals surface area contributed by atoms with Gasteiger partial charge in [-0.25, -0.2) is 9.18 Å². The van der Waals surface area contributed by atoms with Gasteiger partial charge in [0.2, 0.25) is 0 Å². The zero-order valence-electron chi connectivity index (χ0n) is 11.2. The van der Waals surface area contributed by atoms with E-state index in [1.54, 1.807) is 6.07 Å². The molecule has 104 valence electrons. The summed E-state index contributed by atoms with van der Waals surface area (Å²) in [6, 6.07) is 4.19. The molecule has 0 aromatic heterocycles. The number of halogens is 1. The van der Waals surface area contributed by atoms with E-state index >= 15 is 0 Å². The topological polar surface area (TPSA) is 46.5 Å². The molecule has 0 amide bonds. The van der Waals surface area contributed by atoms with Gasteiger partial charge in [0, 0.05) is 12.1 Å². The average Bonchev–Trinajstić information content (AvgIpc) is 2.34. The van der Waals surface area contributed by atoms with E-state index in [1.165, 1.54) is 18.2 Å². The minimum atomic E-state index is -1.07. The van der Waals surface area contributed by atoms with Crippen molar-refractivity contribution in [3.05, 3.63) is 35.7 Å². The average molecular weight is 266 g/mol. The smallest absolute Gasteiger partial charge is 0.328 e. The molecule has 4 heteroatoms. The number of hydrogen-bond acceptors (Lipinski definition) is 2. The molecular formula is C15H19FO3. The highest BCUT2D eigenvalue weighted by Crippen LogP contribution is 2.19. The summed E-state index contributed by atoms with van der Waals surface area (Å²) in [5, 5.41) is 8.54. The van der Waals surface area contributed by atoms with Crippen molar-refractivity contribution in [2.45, 2.75) is 26.7 Å². The normalized spacial score (nSPS) is 12.6. The summed E-state index contributed by atoms with van der Waals surface area (Å²) in [4.78, 5) is 10.4. The summed E-state index contributed by atoms with van der Waals surface area (Å²) in [5.41, 5.74) is 0.473. The summed E-state index contributed by atoms with van der Waals surface area (Å²) in [5.74, 6) is -0.673. The number of benzene rings is 1. The van der Waals surface area contributed by atoms with Gasteiger partial charge in [0.05, 0.1) is 6.61 Å². The number of carboxylic acid groups (broad SMARTS) is 1. The van der Waals surface area contributed by atoms with Gasteiger partial charge in [0.15, 0.2) is 0 Å². The van der Waals surface area contributed by atoms with E-state index in [9.17, 15) is 9.18 Å². The van der Waals surface area contributed by atoms with Crippen LogP contribution in [-0.2, 0) is 4.79 Å². The summed E-state index contributed by atoms with van der Waals surface area (Å²) >= 11 is 0. The fraction of sp³-hybridized carbons (Fsp3) is 0.400. The molecule has 1 N–H and O–H groups in total. The Hall–Kier alpha value is -1.84.